The molecule has 3 aromatic rings. The maximum absolute atomic E-state index is 9.21. The molecular weight excluding hydrogens is 573 g/mol. The van der Waals surface area contributed by atoms with E-state index in [1.807, 2.05) is 58.0 Å². The zero-order valence-corrected chi connectivity index (χ0v) is 27.4. The first-order valence-corrected chi connectivity index (χ1v) is 13.9. The molecule has 0 aromatic heterocycles. The van der Waals surface area contributed by atoms with Crippen LogP contribution in [-0.4, -0.2) is 31.3 Å². The van der Waals surface area contributed by atoms with Crippen molar-refractivity contribution in [3.63, 3.8) is 0 Å². The Balaban J connectivity index is -0.000000240. The maximum atomic E-state index is 9.21. The lowest BCUT2D eigenvalue weighted by Crippen LogP contribution is -2.31. The lowest BCUT2D eigenvalue weighted by molar-refractivity contribution is -0.110. The van der Waals surface area contributed by atoms with E-state index in [-0.39, 0.29) is 10.5 Å². The van der Waals surface area contributed by atoms with E-state index >= 15 is 0 Å². The van der Waals surface area contributed by atoms with E-state index < -0.39 is 0 Å². The highest BCUT2D eigenvalue weighted by Crippen LogP contribution is 2.27. The van der Waals surface area contributed by atoms with Crippen molar-refractivity contribution in [3.05, 3.63) is 95.6 Å². The highest BCUT2D eigenvalue weighted by molar-refractivity contribution is 6.63. The first-order valence-electron chi connectivity index (χ1n) is 13.2. The Kier molecular flexibility index (Phi) is 35.7. The second-order valence-corrected chi connectivity index (χ2v) is 7.69. The van der Waals surface area contributed by atoms with Crippen molar-refractivity contribution in [2.75, 3.05) is 25.7 Å². The van der Waals surface area contributed by atoms with Crippen LogP contribution in [0.5, 0.6) is 5.75 Å². The van der Waals surface area contributed by atoms with Crippen molar-refractivity contribution in [1.29, 1.82) is 10.5 Å². The molecule has 4 rings (SSSR count). The fraction of sp³-hybridized carbons (Fsp3) is 0.312. The average molecular weight is 619 g/mol. The zero-order valence-electron chi connectivity index (χ0n) is 25.9. The van der Waals surface area contributed by atoms with Crippen molar-refractivity contribution in [1.82, 2.24) is 0 Å². The Morgan fingerprint density at radius 2 is 1.07 bits per heavy atom. The summed E-state index contributed by atoms with van der Waals surface area (Å²) in [6, 6.07) is 29.1. The standard InChI is InChI=1S/C14H13NO.C8H4N2.2C2H3ClO.2C2H6.2CH5N/c1-2-7-13(8-3-1)15-10-12-6-4-5-9-14(12)16-11-15;9-5-7-3-1-2-4-8(7)6-10;2*1-2(3)4;4*1-2/h1-9H,10-11H2;1-4H;2*1H3;2*1-2H3;2*2H2,1H3. The van der Waals surface area contributed by atoms with Crippen LogP contribution in [0, 0.1) is 22.7 Å². The van der Waals surface area contributed by atoms with E-state index in [0.29, 0.717) is 17.9 Å². The van der Waals surface area contributed by atoms with E-state index in [9.17, 15) is 9.59 Å². The maximum Gasteiger partial charge on any atom is 0.218 e. The van der Waals surface area contributed by atoms with Crippen LogP contribution in [0.1, 0.15) is 58.2 Å². The number of carbonyl (C=O) groups is 2. The summed E-state index contributed by atoms with van der Waals surface area (Å²) in [5.74, 6) is 1.01. The fourth-order valence-corrected chi connectivity index (χ4v) is 2.66. The summed E-state index contributed by atoms with van der Waals surface area (Å²) in [4.78, 5) is 20.6. The Hall–Kier alpha value is -3.92. The van der Waals surface area contributed by atoms with Gasteiger partial charge in [-0.15, -0.1) is 0 Å². The summed E-state index contributed by atoms with van der Waals surface area (Å²) >= 11 is 9.27. The molecule has 0 unspecified atom stereocenters. The molecule has 1 aliphatic heterocycles. The second-order valence-electron chi connectivity index (χ2n) is 6.62. The number of nitriles is 2. The fourth-order valence-electron chi connectivity index (χ4n) is 2.66. The SMILES string of the molecule is CC.CC.CC(=O)Cl.CC(=O)Cl.CN.CN.N#Cc1ccccc1C#N.c1ccc(N2COc3ccccc3C2)cc1. The number of ether oxygens (including phenoxy) is 1. The van der Waals surface area contributed by atoms with Crippen molar-refractivity contribution in [2.45, 2.75) is 48.1 Å². The Morgan fingerprint density at radius 1 is 0.714 bits per heavy atom. The van der Waals surface area contributed by atoms with Crippen LogP contribution < -0.4 is 21.1 Å². The van der Waals surface area contributed by atoms with Gasteiger partial charge in [0.2, 0.25) is 10.5 Å². The van der Waals surface area contributed by atoms with Crippen molar-refractivity contribution in [2.24, 2.45) is 11.5 Å². The summed E-state index contributed by atoms with van der Waals surface area (Å²) in [5.41, 5.74) is 12.3. The molecule has 0 atom stereocenters. The van der Waals surface area contributed by atoms with Gasteiger partial charge in [0.15, 0.2) is 6.73 Å². The van der Waals surface area contributed by atoms with Crippen LogP contribution in [0.15, 0.2) is 78.9 Å². The highest BCUT2D eigenvalue weighted by atomic mass is 35.5. The lowest BCUT2D eigenvalue weighted by Gasteiger charge is -2.30. The Labute approximate surface area is 262 Å². The number of para-hydroxylation sites is 2. The summed E-state index contributed by atoms with van der Waals surface area (Å²) in [7, 11) is 3.00. The van der Waals surface area contributed by atoms with Gasteiger partial charge in [-0.3, -0.25) is 9.59 Å². The highest BCUT2D eigenvalue weighted by Gasteiger charge is 2.16. The minimum absolute atomic E-state index is 0.361. The van der Waals surface area contributed by atoms with E-state index in [1.54, 1.807) is 24.3 Å². The number of hydrogen-bond acceptors (Lipinski definition) is 8. The van der Waals surface area contributed by atoms with Crippen LogP contribution in [0.2, 0.25) is 0 Å². The summed E-state index contributed by atoms with van der Waals surface area (Å²) in [6.07, 6.45) is 0. The third kappa shape index (κ3) is 23.9. The number of nitrogens with two attached hydrogens (primary N) is 2. The Bertz CT molecular complexity index is 1110. The molecule has 0 radical (unpaired) electrons. The monoisotopic (exact) mass is 617 g/mol. The number of hydrogen-bond donors (Lipinski definition) is 2. The Morgan fingerprint density at radius 3 is 1.48 bits per heavy atom. The second kappa shape index (κ2) is 33.3. The quantitative estimate of drug-likeness (QED) is 0.272. The zero-order chi connectivity index (χ0) is 33.3. The molecule has 4 N–H and O–H groups in total. The van der Waals surface area contributed by atoms with Gasteiger partial charge in [0.25, 0.3) is 0 Å². The number of halogens is 2. The predicted molar refractivity (Wildman–Crippen MR) is 176 cm³/mol. The molecule has 0 saturated heterocycles. The molecule has 1 aliphatic rings. The van der Waals surface area contributed by atoms with Gasteiger partial charge in [-0.1, -0.05) is 76.2 Å². The van der Waals surface area contributed by atoms with Gasteiger partial charge in [-0.05, 0) is 67.6 Å². The van der Waals surface area contributed by atoms with Crippen molar-refractivity contribution >= 4 is 39.4 Å². The molecule has 0 saturated carbocycles. The van der Waals surface area contributed by atoms with Gasteiger partial charge in [-0.25, -0.2) is 0 Å². The van der Waals surface area contributed by atoms with Crippen LogP contribution in [0.3, 0.4) is 0 Å². The first kappa shape index (κ1) is 45.1. The molecule has 10 heteroatoms. The minimum atomic E-state index is -0.361. The van der Waals surface area contributed by atoms with Gasteiger partial charge in [-0.2, -0.15) is 10.5 Å². The minimum Gasteiger partial charge on any atom is -0.473 e. The van der Waals surface area contributed by atoms with E-state index in [2.05, 4.69) is 76.0 Å². The molecule has 42 heavy (non-hydrogen) atoms. The van der Waals surface area contributed by atoms with Crippen LogP contribution in [-0.2, 0) is 16.1 Å². The van der Waals surface area contributed by atoms with Crippen LogP contribution >= 0.6 is 23.2 Å². The topological polar surface area (TPSA) is 146 Å². The molecule has 0 bridgehead atoms. The van der Waals surface area contributed by atoms with Crippen LogP contribution in [0.25, 0.3) is 0 Å². The summed E-state index contributed by atoms with van der Waals surface area (Å²) in [6.45, 7) is 12.1. The van der Waals surface area contributed by atoms with E-state index in [4.69, 9.17) is 15.3 Å². The normalized spacial score (nSPS) is 9.05. The molecule has 0 amide bonds. The van der Waals surface area contributed by atoms with E-state index in [1.165, 1.54) is 39.2 Å². The largest absolute Gasteiger partial charge is 0.473 e. The van der Waals surface area contributed by atoms with Gasteiger partial charge < -0.3 is 21.1 Å². The third-order valence-electron chi connectivity index (χ3n) is 4.00. The number of nitrogens with zero attached hydrogens (tertiary/aromatic N) is 3. The number of rotatable bonds is 1. The summed E-state index contributed by atoms with van der Waals surface area (Å²) < 4.78 is 5.72. The number of carbonyl (C=O) groups excluding carboxylic acids is 2. The lowest BCUT2D eigenvalue weighted by atomic mass is 10.1. The molecule has 8 nitrogen and oxygen atoms in total. The van der Waals surface area contributed by atoms with Gasteiger partial charge in [0, 0.05) is 31.6 Å². The molecule has 3 aromatic carbocycles. The molecule has 0 aliphatic carbocycles. The predicted octanol–water partition coefficient (Wildman–Crippen LogP) is 7.22. The first-order chi connectivity index (χ1) is 20.3. The van der Waals surface area contributed by atoms with Crippen LogP contribution in [0.4, 0.5) is 5.69 Å². The van der Waals surface area contributed by atoms with Gasteiger partial charge >= 0.3 is 0 Å². The molecular formula is C32H45Cl2N5O3. The summed E-state index contributed by atoms with van der Waals surface area (Å²) in [5, 5.41) is 16.2. The van der Waals surface area contributed by atoms with Gasteiger partial charge in [0.1, 0.15) is 17.9 Å². The number of fused-ring (bicyclic) bond motifs is 1. The van der Waals surface area contributed by atoms with E-state index in [0.717, 1.165) is 12.3 Å². The van der Waals surface area contributed by atoms with Gasteiger partial charge in [0.05, 0.1) is 11.1 Å². The number of anilines is 1. The molecule has 1 heterocycles. The molecule has 0 fully saturated rings. The smallest absolute Gasteiger partial charge is 0.218 e. The third-order valence-corrected chi connectivity index (χ3v) is 4.00. The van der Waals surface area contributed by atoms with Crippen molar-refractivity contribution < 1.29 is 14.3 Å². The van der Waals surface area contributed by atoms with Crippen molar-refractivity contribution in [3.8, 4) is 17.9 Å². The number of benzene rings is 3. The molecule has 0 spiro atoms. The average Bonchev–Trinajstić information content (AvgIpc) is 3.05. The molecule has 230 valence electrons.